The Kier molecular flexibility index (Phi) is 3.55. The zero-order valence-electron chi connectivity index (χ0n) is 11.7. The van der Waals surface area contributed by atoms with Gasteiger partial charge in [0, 0.05) is 31.4 Å². The Morgan fingerprint density at radius 1 is 1.16 bits per heavy atom. The molecule has 2 atom stereocenters. The Hall–Kier alpha value is -1.36. The molecule has 0 bridgehead atoms. The summed E-state index contributed by atoms with van der Waals surface area (Å²) in [7, 11) is 0. The first-order chi connectivity index (χ1) is 9.25. The van der Waals surface area contributed by atoms with E-state index in [1.54, 1.807) is 0 Å². The topological polar surface area (TPSA) is 41.5 Å². The highest BCUT2D eigenvalue weighted by Crippen LogP contribution is 2.29. The van der Waals surface area contributed by atoms with E-state index in [2.05, 4.69) is 28.6 Å². The fraction of sp³-hybridized carbons (Fsp3) is 0.714. The maximum Gasteiger partial charge on any atom is 0.227 e. The molecular formula is C14H22N4O. The van der Waals surface area contributed by atoms with Crippen molar-refractivity contribution in [1.82, 2.24) is 9.97 Å². The zero-order valence-corrected chi connectivity index (χ0v) is 11.7. The van der Waals surface area contributed by atoms with E-state index < -0.39 is 0 Å². The molecule has 3 heterocycles. The predicted molar refractivity (Wildman–Crippen MR) is 75.7 cm³/mol. The van der Waals surface area contributed by atoms with E-state index in [1.807, 2.05) is 12.3 Å². The highest BCUT2D eigenvalue weighted by atomic mass is 16.5. The number of anilines is 2. The molecule has 3 rings (SSSR count). The molecule has 2 aliphatic rings. The molecule has 104 valence electrons. The van der Waals surface area contributed by atoms with Gasteiger partial charge in [-0.05, 0) is 32.8 Å². The summed E-state index contributed by atoms with van der Waals surface area (Å²) in [5.74, 6) is 1.90. The van der Waals surface area contributed by atoms with Gasteiger partial charge in [0.25, 0.3) is 0 Å². The Morgan fingerprint density at radius 2 is 1.84 bits per heavy atom. The molecule has 0 aliphatic carbocycles. The van der Waals surface area contributed by atoms with E-state index in [0.717, 1.165) is 38.1 Å². The van der Waals surface area contributed by atoms with Crippen LogP contribution in [0.3, 0.4) is 0 Å². The molecule has 5 heteroatoms. The van der Waals surface area contributed by atoms with Crippen LogP contribution in [0.1, 0.15) is 26.7 Å². The third-order valence-corrected chi connectivity index (χ3v) is 4.14. The second kappa shape index (κ2) is 5.33. The lowest BCUT2D eigenvalue weighted by atomic mass is 10.2. The van der Waals surface area contributed by atoms with Gasteiger partial charge in [-0.15, -0.1) is 0 Å². The normalized spacial score (nSPS) is 27.9. The molecule has 0 aromatic carbocycles. The van der Waals surface area contributed by atoms with Gasteiger partial charge in [-0.2, -0.15) is 4.98 Å². The first kappa shape index (κ1) is 12.7. The smallest absolute Gasteiger partial charge is 0.227 e. The molecule has 1 aromatic rings. The predicted octanol–water partition coefficient (Wildman–Crippen LogP) is 1.69. The number of hydrogen-bond donors (Lipinski definition) is 0. The Labute approximate surface area is 114 Å². The first-order valence-electron chi connectivity index (χ1n) is 7.20. The molecular weight excluding hydrogens is 240 g/mol. The van der Waals surface area contributed by atoms with Gasteiger partial charge in [0.05, 0.1) is 13.2 Å². The van der Waals surface area contributed by atoms with Crippen LogP contribution in [0.4, 0.5) is 11.8 Å². The maximum absolute atomic E-state index is 5.38. The minimum atomic E-state index is 0.572. The van der Waals surface area contributed by atoms with Crippen molar-refractivity contribution in [2.24, 2.45) is 0 Å². The minimum Gasteiger partial charge on any atom is -0.378 e. The molecule has 0 radical (unpaired) electrons. The second-order valence-electron chi connectivity index (χ2n) is 5.50. The summed E-state index contributed by atoms with van der Waals surface area (Å²) in [6, 6.07) is 3.17. The highest BCUT2D eigenvalue weighted by Gasteiger charge is 2.28. The molecule has 0 N–H and O–H groups in total. The SMILES string of the molecule is CC1CCC(C)N1c1ccnc(N2CCOCC2)n1. The van der Waals surface area contributed by atoms with Crippen molar-refractivity contribution in [3.05, 3.63) is 12.3 Å². The van der Waals surface area contributed by atoms with Crippen LogP contribution in [0.5, 0.6) is 0 Å². The van der Waals surface area contributed by atoms with Gasteiger partial charge in [0.2, 0.25) is 5.95 Å². The Balaban J connectivity index is 1.82. The third-order valence-electron chi connectivity index (χ3n) is 4.14. The molecule has 0 saturated carbocycles. The van der Waals surface area contributed by atoms with Gasteiger partial charge in [0.1, 0.15) is 5.82 Å². The standard InChI is InChI=1S/C14H22N4O/c1-11-3-4-12(2)18(11)13-5-6-15-14(16-13)17-7-9-19-10-8-17/h5-6,11-12H,3-4,7-10H2,1-2H3. The lowest BCUT2D eigenvalue weighted by Crippen LogP contribution is -2.38. The lowest BCUT2D eigenvalue weighted by Gasteiger charge is -2.30. The molecule has 1 aromatic heterocycles. The average Bonchev–Trinajstić information content (AvgIpc) is 2.79. The van der Waals surface area contributed by atoms with E-state index in [1.165, 1.54) is 12.8 Å². The second-order valence-corrected chi connectivity index (χ2v) is 5.50. The van der Waals surface area contributed by atoms with Gasteiger partial charge in [0.15, 0.2) is 0 Å². The summed E-state index contributed by atoms with van der Waals surface area (Å²) in [6.45, 7) is 7.86. The summed E-state index contributed by atoms with van der Waals surface area (Å²) < 4.78 is 5.38. The van der Waals surface area contributed by atoms with Crippen LogP contribution in [-0.4, -0.2) is 48.4 Å². The van der Waals surface area contributed by atoms with Crippen molar-refractivity contribution in [3.8, 4) is 0 Å². The van der Waals surface area contributed by atoms with Gasteiger partial charge in [-0.1, -0.05) is 0 Å². The zero-order chi connectivity index (χ0) is 13.2. The Bertz CT molecular complexity index is 423. The maximum atomic E-state index is 5.38. The van der Waals surface area contributed by atoms with Crippen LogP contribution in [0.2, 0.25) is 0 Å². The number of morpholine rings is 1. The number of ether oxygens (including phenoxy) is 1. The summed E-state index contributed by atoms with van der Waals surface area (Å²) >= 11 is 0. The van der Waals surface area contributed by atoms with Gasteiger partial charge in [-0.25, -0.2) is 4.98 Å². The number of aromatic nitrogens is 2. The van der Waals surface area contributed by atoms with Crippen molar-refractivity contribution in [2.75, 3.05) is 36.1 Å². The van der Waals surface area contributed by atoms with Crippen molar-refractivity contribution in [3.63, 3.8) is 0 Å². The van der Waals surface area contributed by atoms with Gasteiger partial charge >= 0.3 is 0 Å². The van der Waals surface area contributed by atoms with Gasteiger partial charge in [-0.3, -0.25) is 0 Å². The first-order valence-corrected chi connectivity index (χ1v) is 7.20. The quantitative estimate of drug-likeness (QED) is 0.811. The molecule has 0 spiro atoms. The third kappa shape index (κ3) is 2.52. The summed E-state index contributed by atoms with van der Waals surface area (Å²) in [5, 5.41) is 0. The van der Waals surface area contributed by atoms with Crippen molar-refractivity contribution >= 4 is 11.8 Å². The molecule has 2 saturated heterocycles. The van der Waals surface area contributed by atoms with Crippen LogP contribution in [0, 0.1) is 0 Å². The fourth-order valence-corrected chi connectivity index (χ4v) is 3.05. The number of rotatable bonds is 2. The molecule has 2 aliphatic heterocycles. The van der Waals surface area contributed by atoms with Crippen molar-refractivity contribution in [2.45, 2.75) is 38.8 Å². The lowest BCUT2D eigenvalue weighted by molar-refractivity contribution is 0.122. The number of nitrogens with zero attached hydrogens (tertiary/aromatic N) is 4. The van der Waals surface area contributed by atoms with E-state index in [9.17, 15) is 0 Å². The molecule has 2 unspecified atom stereocenters. The van der Waals surface area contributed by atoms with E-state index in [4.69, 9.17) is 9.72 Å². The van der Waals surface area contributed by atoms with Crippen molar-refractivity contribution < 1.29 is 4.74 Å². The van der Waals surface area contributed by atoms with Gasteiger partial charge < -0.3 is 14.5 Å². The van der Waals surface area contributed by atoms with E-state index >= 15 is 0 Å². The van der Waals surface area contributed by atoms with Crippen LogP contribution in [0.15, 0.2) is 12.3 Å². The average molecular weight is 262 g/mol. The fourth-order valence-electron chi connectivity index (χ4n) is 3.05. The molecule has 19 heavy (non-hydrogen) atoms. The number of hydrogen-bond acceptors (Lipinski definition) is 5. The van der Waals surface area contributed by atoms with Crippen molar-refractivity contribution in [1.29, 1.82) is 0 Å². The monoisotopic (exact) mass is 262 g/mol. The summed E-state index contributed by atoms with van der Waals surface area (Å²) in [4.78, 5) is 13.8. The van der Waals surface area contributed by atoms with Crippen LogP contribution in [-0.2, 0) is 4.74 Å². The van der Waals surface area contributed by atoms with Crippen LogP contribution < -0.4 is 9.80 Å². The van der Waals surface area contributed by atoms with Crippen LogP contribution in [0.25, 0.3) is 0 Å². The molecule has 2 fully saturated rings. The highest BCUT2D eigenvalue weighted by molar-refractivity contribution is 5.46. The minimum absolute atomic E-state index is 0.572. The van der Waals surface area contributed by atoms with E-state index in [-0.39, 0.29) is 0 Å². The summed E-state index contributed by atoms with van der Waals surface area (Å²) in [5.41, 5.74) is 0. The largest absolute Gasteiger partial charge is 0.378 e. The van der Waals surface area contributed by atoms with Crippen LogP contribution >= 0.6 is 0 Å². The summed E-state index contributed by atoms with van der Waals surface area (Å²) in [6.07, 6.45) is 4.38. The molecule has 5 nitrogen and oxygen atoms in total. The van der Waals surface area contributed by atoms with E-state index in [0.29, 0.717) is 12.1 Å². The Morgan fingerprint density at radius 3 is 2.53 bits per heavy atom. The molecule has 0 amide bonds.